The van der Waals surface area contributed by atoms with Crippen LogP contribution in [0, 0.1) is 16.0 Å². The van der Waals surface area contributed by atoms with Crippen molar-refractivity contribution < 1.29 is 29.1 Å². The Morgan fingerprint density at radius 2 is 1.70 bits per heavy atom. The maximum absolute atomic E-state index is 14.9. The highest BCUT2D eigenvalue weighted by molar-refractivity contribution is 6.91. The van der Waals surface area contributed by atoms with E-state index in [1.54, 1.807) is 23.0 Å². The van der Waals surface area contributed by atoms with Crippen LogP contribution in [0.3, 0.4) is 0 Å². The van der Waals surface area contributed by atoms with E-state index in [0.29, 0.717) is 30.5 Å². The molecule has 4 aromatic rings. The molecule has 4 atom stereocenters. The summed E-state index contributed by atoms with van der Waals surface area (Å²) in [5.41, 5.74) is 2.97. The Labute approximate surface area is 292 Å². The molecule has 4 aromatic carbocycles. The number of carbonyl (C=O) groups is 2. The number of non-ortho nitro benzene ring substituents is 1. The van der Waals surface area contributed by atoms with Crippen LogP contribution in [-0.2, 0) is 32.9 Å². The van der Waals surface area contributed by atoms with Gasteiger partial charge in [-0.1, -0.05) is 67.7 Å². The summed E-state index contributed by atoms with van der Waals surface area (Å²) in [5, 5.41) is 23.4. The molecule has 3 aliphatic heterocycles. The summed E-state index contributed by atoms with van der Waals surface area (Å²) in [5.74, 6) is 0.160. The predicted molar refractivity (Wildman–Crippen MR) is 194 cm³/mol. The molecule has 0 unspecified atom stereocenters. The number of aliphatic hydroxyl groups excluding tert-OH is 1. The number of hydrogen-bond donors (Lipinski definition) is 1. The van der Waals surface area contributed by atoms with E-state index in [9.17, 15) is 24.8 Å². The van der Waals surface area contributed by atoms with Crippen LogP contribution in [0.5, 0.6) is 5.75 Å². The zero-order valence-electron chi connectivity index (χ0n) is 28.7. The SMILES string of the molecule is COc1ccc([Si](C)(C)[C@@H]2[C@@H](CCO)O[C@]3(C(=O)N(Cc4ccc(N5C(=O)CCc6ccccc65)cc4)c4ccc([N+](=O)[O-])cc43)[C@H]2C)cc1. The minimum Gasteiger partial charge on any atom is -0.497 e. The number of aryl methyl sites for hydroxylation is 1. The Balaban J connectivity index is 1.26. The van der Waals surface area contributed by atoms with Crippen molar-refractivity contribution in [1.29, 1.82) is 0 Å². The number of methoxy groups -OCH3 is 1. The van der Waals surface area contributed by atoms with E-state index in [1.165, 1.54) is 12.1 Å². The minimum atomic E-state index is -2.40. The van der Waals surface area contributed by atoms with Gasteiger partial charge in [0.25, 0.3) is 11.6 Å². The molecular formula is C39H41N3O7Si. The largest absolute Gasteiger partial charge is 0.497 e. The van der Waals surface area contributed by atoms with E-state index in [1.807, 2.05) is 67.6 Å². The molecule has 1 fully saturated rings. The Morgan fingerprint density at radius 1 is 0.980 bits per heavy atom. The second kappa shape index (κ2) is 12.8. The van der Waals surface area contributed by atoms with Crippen molar-refractivity contribution >= 4 is 47.8 Å². The van der Waals surface area contributed by atoms with E-state index in [-0.39, 0.29) is 42.1 Å². The molecule has 1 N–H and O–H groups in total. The number of nitro groups is 1. The lowest BCUT2D eigenvalue weighted by Crippen LogP contribution is -2.51. The molecule has 3 aliphatic rings. The predicted octanol–water partition coefficient (Wildman–Crippen LogP) is 6.36. The molecule has 7 rings (SSSR count). The molecule has 0 saturated carbocycles. The number of carbonyl (C=O) groups excluding carboxylic acids is 2. The lowest BCUT2D eigenvalue weighted by Gasteiger charge is -2.37. The first-order valence-corrected chi connectivity index (χ1v) is 20.1. The molecular weight excluding hydrogens is 651 g/mol. The number of fused-ring (bicyclic) bond motifs is 3. The van der Waals surface area contributed by atoms with Gasteiger partial charge in [0.1, 0.15) is 5.75 Å². The van der Waals surface area contributed by atoms with Crippen molar-refractivity contribution in [3.05, 3.63) is 118 Å². The maximum Gasteiger partial charge on any atom is 0.269 e. The summed E-state index contributed by atoms with van der Waals surface area (Å²) in [4.78, 5) is 43.0. The van der Waals surface area contributed by atoms with Gasteiger partial charge in [-0.2, -0.15) is 0 Å². The molecule has 11 heteroatoms. The summed E-state index contributed by atoms with van der Waals surface area (Å²) in [6.45, 7) is 6.61. The van der Waals surface area contributed by atoms with Crippen molar-refractivity contribution in [3.8, 4) is 5.75 Å². The highest BCUT2D eigenvalue weighted by Crippen LogP contribution is 2.60. The molecule has 0 radical (unpaired) electrons. The Morgan fingerprint density at radius 3 is 2.38 bits per heavy atom. The average Bonchev–Trinajstić information content (AvgIpc) is 3.54. The van der Waals surface area contributed by atoms with Crippen molar-refractivity contribution in [2.75, 3.05) is 23.5 Å². The van der Waals surface area contributed by atoms with Crippen molar-refractivity contribution in [1.82, 2.24) is 0 Å². The third-order valence-electron chi connectivity index (χ3n) is 11.1. The fourth-order valence-corrected chi connectivity index (χ4v) is 12.7. The highest BCUT2D eigenvalue weighted by atomic mass is 28.3. The van der Waals surface area contributed by atoms with Gasteiger partial charge in [-0.15, -0.1) is 0 Å². The molecule has 1 spiro atoms. The zero-order valence-corrected chi connectivity index (χ0v) is 29.7. The number of ether oxygens (including phenoxy) is 2. The molecule has 0 aliphatic carbocycles. The number of hydrogen-bond acceptors (Lipinski definition) is 7. The number of nitrogens with zero attached hydrogens (tertiary/aromatic N) is 3. The molecule has 50 heavy (non-hydrogen) atoms. The second-order valence-corrected chi connectivity index (χ2v) is 18.7. The number of para-hydroxylation sites is 1. The molecule has 1 saturated heterocycles. The molecule has 10 nitrogen and oxygen atoms in total. The van der Waals surface area contributed by atoms with Gasteiger partial charge in [0.15, 0.2) is 5.60 Å². The monoisotopic (exact) mass is 691 g/mol. The van der Waals surface area contributed by atoms with Crippen LogP contribution in [-0.4, -0.2) is 49.7 Å². The van der Waals surface area contributed by atoms with Crippen LogP contribution in [0.15, 0.2) is 91.0 Å². The molecule has 258 valence electrons. The number of nitro benzene ring substituents is 1. The van der Waals surface area contributed by atoms with Crippen LogP contribution in [0.1, 0.15) is 36.5 Å². The van der Waals surface area contributed by atoms with Gasteiger partial charge in [0, 0.05) is 42.3 Å². The average molecular weight is 692 g/mol. The summed E-state index contributed by atoms with van der Waals surface area (Å²) in [6.07, 6.45) is 1.03. The Kier molecular flexibility index (Phi) is 8.61. The number of aliphatic hydroxyl groups is 1. The van der Waals surface area contributed by atoms with Crippen LogP contribution in [0.25, 0.3) is 0 Å². The van der Waals surface area contributed by atoms with E-state index >= 15 is 0 Å². The number of amides is 2. The zero-order chi connectivity index (χ0) is 35.4. The highest BCUT2D eigenvalue weighted by Gasteiger charge is 2.66. The van der Waals surface area contributed by atoms with Gasteiger partial charge in [-0.25, -0.2) is 0 Å². The second-order valence-electron chi connectivity index (χ2n) is 14.0. The fourth-order valence-electron chi connectivity index (χ4n) is 8.61. The van der Waals surface area contributed by atoms with Gasteiger partial charge in [0.05, 0.1) is 44.1 Å². The van der Waals surface area contributed by atoms with E-state index in [0.717, 1.165) is 33.4 Å². The summed E-state index contributed by atoms with van der Waals surface area (Å²) >= 11 is 0. The Hall–Kier alpha value is -4.84. The quantitative estimate of drug-likeness (QED) is 0.123. The van der Waals surface area contributed by atoms with Crippen LogP contribution in [0.2, 0.25) is 18.6 Å². The van der Waals surface area contributed by atoms with Crippen LogP contribution < -0.4 is 19.7 Å². The number of benzene rings is 4. The summed E-state index contributed by atoms with van der Waals surface area (Å²) < 4.78 is 12.3. The summed E-state index contributed by atoms with van der Waals surface area (Å²) in [6, 6.07) is 28.1. The van der Waals surface area contributed by atoms with Gasteiger partial charge in [0.2, 0.25) is 5.91 Å². The first-order valence-electron chi connectivity index (χ1n) is 17.0. The topological polar surface area (TPSA) is 122 Å². The first-order chi connectivity index (χ1) is 24.0. The molecule has 3 heterocycles. The number of anilines is 3. The fraction of sp³-hybridized carbons (Fsp3) is 0.333. The smallest absolute Gasteiger partial charge is 0.269 e. The molecule has 0 aromatic heterocycles. The van der Waals surface area contributed by atoms with Crippen LogP contribution >= 0.6 is 0 Å². The summed E-state index contributed by atoms with van der Waals surface area (Å²) in [7, 11) is -0.776. The van der Waals surface area contributed by atoms with E-state index in [2.05, 4.69) is 25.2 Å². The molecule has 2 amide bonds. The van der Waals surface area contributed by atoms with Crippen molar-refractivity contribution in [3.63, 3.8) is 0 Å². The van der Waals surface area contributed by atoms with Crippen molar-refractivity contribution in [2.45, 2.75) is 63.1 Å². The minimum absolute atomic E-state index is 0.0316. The van der Waals surface area contributed by atoms with Gasteiger partial charge in [-0.05, 0) is 65.9 Å². The lowest BCUT2D eigenvalue weighted by atomic mass is 9.82. The number of rotatable bonds is 9. The lowest BCUT2D eigenvalue weighted by molar-refractivity contribution is -0.385. The molecule has 0 bridgehead atoms. The van der Waals surface area contributed by atoms with Gasteiger partial charge in [-0.3, -0.25) is 24.6 Å². The van der Waals surface area contributed by atoms with Crippen molar-refractivity contribution in [2.24, 2.45) is 5.92 Å². The maximum atomic E-state index is 14.9. The van der Waals surface area contributed by atoms with Crippen LogP contribution in [0.4, 0.5) is 22.7 Å². The normalized spacial score (nSPS) is 22.9. The Bertz CT molecular complexity index is 1970. The third kappa shape index (κ3) is 5.31. The third-order valence-corrected chi connectivity index (χ3v) is 15.4. The standard InChI is InChI=1S/C39H41N3O7Si/c1-25-37(50(3,4)31-17-15-30(48-2)16-18-31)35(21-22-43)49-39(25)32-23-29(42(46)47)14-19-34(32)40(38(39)45)24-26-9-12-28(13-10-26)41-33-8-6-5-7-27(33)11-20-36(41)44/h5-10,12-19,23,25,35,37,43H,11,20-22,24H2,1-4H3/t25-,35+,37-,39+/m0/s1. The first kappa shape index (κ1) is 33.6. The van der Waals surface area contributed by atoms with E-state index in [4.69, 9.17) is 9.47 Å². The van der Waals surface area contributed by atoms with Gasteiger partial charge < -0.3 is 19.5 Å². The van der Waals surface area contributed by atoms with Gasteiger partial charge >= 0.3 is 0 Å². The van der Waals surface area contributed by atoms with E-state index < -0.39 is 24.7 Å².